The SMILES string of the molecule is Cc1cc(Cl)ccc1Nc1cc(S(N)(=O)=O)ncc1C(=O)N1CCC2(CC1)OCc1ccccc12. The lowest BCUT2D eigenvalue weighted by molar-refractivity contribution is -0.0741. The number of hydrogen-bond acceptors (Lipinski definition) is 6. The van der Waals surface area contributed by atoms with Crippen LogP contribution in [0.5, 0.6) is 0 Å². The summed E-state index contributed by atoms with van der Waals surface area (Å²) in [4.78, 5) is 19.3. The van der Waals surface area contributed by atoms with Gasteiger partial charge in [-0.3, -0.25) is 4.79 Å². The molecule has 182 valence electrons. The highest BCUT2D eigenvalue weighted by Crippen LogP contribution is 2.44. The van der Waals surface area contributed by atoms with Crippen LogP contribution in [0.3, 0.4) is 0 Å². The maximum Gasteiger partial charge on any atom is 0.257 e. The zero-order chi connectivity index (χ0) is 24.8. The van der Waals surface area contributed by atoms with Gasteiger partial charge in [0, 0.05) is 36.1 Å². The lowest BCUT2D eigenvalue weighted by Gasteiger charge is -2.39. The van der Waals surface area contributed by atoms with E-state index >= 15 is 0 Å². The Kier molecular flexibility index (Phi) is 6.04. The molecule has 1 fully saturated rings. The Bertz CT molecular complexity index is 1420. The zero-order valence-corrected chi connectivity index (χ0v) is 20.7. The fourth-order valence-corrected chi connectivity index (χ4v) is 5.53. The number of primary sulfonamides is 1. The molecule has 3 heterocycles. The number of ether oxygens (including phenoxy) is 1. The van der Waals surface area contributed by atoms with Gasteiger partial charge in [-0.15, -0.1) is 0 Å². The van der Waals surface area contributed by atoms with Crippen LogP contribution in [-0.4, -0.2) is 37.3 Å². The molecule has 0 unspecified atom stereocenters. The number of pyridine rings is 1. The minimum absolute atomic E-state index is 0.242. The first-order valence-corrected chi connectivity index (χ1v) is 13.2. The molecule has 8 nitrogen and oxygen atoms in total. The smallest absolute Gasteiger partial charge is 0.257 e. The molecule has 0 bridgehead atoms. The molecule has 2 aliphatic rings. The molecule has 1 amide bonds. The van der Waals surface area contributed by atoms with Crippen LogP contribution < -0.4 is 10.5 Å². The summed E-state index contributed by atoms with van der Waals surface area (Å²) in [6, 6.07) is 14.8. The molecule has 1 spiro atoms. The molecule has 1 aromatic heterocycles. The number of nitrogens with two attached hydrogens (primary N) is 1. The minimum Gasteiger partial charge on any atom is -0.365 e. The van der Waals surface area contributed by atoms with Crippen LogP contribution in [-0.2, 0) is 27.0 Å². The summed E-state index contributed by atoms with van der Waals surface area (Å²) in [6.45, 7) is 3.45. The van der Waals surface area contributed by atoms with E-state index in [2.05, 4.69) is 22.4 Å². The highest BCUT2D eigenvalue weighted by molar-refractivity contribution is 7.89. The summed E-state index contributed by atoms with van der Waals surface area (Å²) in [7, 11) is -4.06. The van der Waals surface area contributed by atoms with Crippen LogP contribution in [0.25, 0.3) is 0 Å². The van der Waals surface area contributed by atoms with Crippen molar-refractivity contribution in [3.8, 4) is 0 Å². The molecule has 2 aromatic carbocycles. The van der Waals surface area contributed by atoms with Gasteiger partial charge in [-0.25, -0.2) is 18.5 Å². The summed E-state index contributed by atoms with van der Waals surface area (Å²) in [5, 5.41) is 8.72. The highest BCUT2D eigenvalue weighted by atomic mass is 35.5. The number of aryl methyl sites for hydroxylation is 1. The van der Waals surface area contributed by atoms with Gasteiger partial charge < -0.3 is 15.0 Å². The highest BCUT2D eigenvalue weighted by Gasteiger charge is 2.43. The number of hydrogen-bond donors (Lipinski definition) is 2. The van der Waals surface area contributed by atoms with Gasteiger partial charge in [0.15, 0.2) is 5.03 Å². The van der Waals surface area contributed by atoms with E-state index in [0.29, 0.717) is 48.9 Å². The van der Waals surface area contributed by atoms with Crippen LogP contribution in [0.15, 0.2) is 59.8 Å². The first-order chi connectivity index (χ1) is 16.7. The second kappa shape index (κ2) is 8.91. The predicted octanol–water partition coefficient (Wildman–Crippen LogP) is 4.10. The van der Waals surface area contributed by atoms with E-state index in [-0.39, 0.29) is 22.1 Å². The fraction of sp³-hybridized carbons (Fsp3) is 0.280. The molecule has 10 heteroatoms. The number of carbonyl (C=O) groups excluding carboxylic acids is 1. The number of anilines is 2. The van der Waals surface area contributed by atoms with Crippen molar-refractivity contribution < 1.29 is 17.9 Å². The van der Waals surface area contributed by atoms with Gasteiger partial charge in [-0.2, -0.15) is 0 Å². The lowest BCUT2D eigenvalue weighted by Crippen LogP contribution is -2.45. The van der Waals surface area contributed by atoms with Crippen molar-refractivity contribution in [3.63, 3.8) is 0 Å². The summed E-state index contributed by atoms with van der Waals surface area (Å²) in [6.07, 6.45) is 2.62. The van der Waals surface area contributed by atoms with Gasteiger partial charge in [-0.1, -0.05) is 35.9 Å². The molecule has 35 heavy (non-hydrogen) atoms. The van der Waals surface area contributed by atoms with Crippen molar-refractivity contribution in [1.82, 2.24) is 9.88 Å². The van der Waals surface area contributed by atoms with Crippen molar-refractivity contribution in [2.24, 2.45) is 5.14 Å². The van der Waals surface area contributed by atoms with Crippen molar-refractivity contribution in [2.75, 3.05) is 18.4 Å². The number of piperidine rings is 1. The number of rotatable bonds is 4. The Morgan fingerprint density at radius 1 is 1.14 bits per heavy atom. The van der Waals surface area contributed by atoms with E-state index in [1.807, 2.05) is 19.1 Å². The van der Waals surface area contributed by atoms with Gasteiger partial charge in [0.05, 0.1) is 23.5 Å². The number of carbonyl (C=O) groups is 1. The number of fused-ring (bicyclic) bond motifs is 2. The van der Waals surface area contributed by atoms with E-state index in [0.717, 1.165) is 5.56 Å². The van der Waals surface area contributed by atoms with Gasteiger partial charge in [0.25, 0.3) is 15.9 Å². The van der Waals surface area contributed by atoms with E-state index in [1.165, 1.54) is 23.4 Å². The van der Waals surface area contributed by atoms with Gasteiger partial charge in [0.1, 0.15) is 0 Å². The third kappa shape index (κ3) is 4.52. The van der Waals surface area contributed by atoms with E-state index in [9.17, 15) is 13.2 Å². The minimum atomic E-state index is -4.06. The molecule has 0 aliphatic carbocycles. The Balaban J connectivity index is 1.42. The number of halogens is 1. The van der Waals surface area contributed by atoms with Crippen molar-refractivity contribution in [2.45, 2.75) is 37.0 Å². The molecule has 3 N–H and O–H groups in total. The maximum atomic E-state index is 13.6. The fourth-order valence-electron chi connectivity index (χ4n) is 4.82. The molecule has 0 saturated carbocycles. The molecular weight excluding hydrogens is 488 g/mol. The quantitative estimate of drug-likeness (QED) is 0.544. The summed E-state index contributed by atoms with van der Waals surface area (Å²) in [5.41, 5.74) is 4.11. The Labute approximate surface area is 209 Å². The molecule has 2 aliphatic heterocycles. The Morgan fingerprint density at radius 3 is 2.60 bits per heavy atom. The molecule has 1 saturated heterocycles. The zero-order valence-electron chi connectivity index (χ0n) is 19.1. The number of aromatic nitrogens is 1. The average molecular weight is 513 g/mol. The third-order valence-electron chi connectivity index (χ3n) is 6.73. The standard InChI is InChI=1S/C25H25ClN4O4S/c1-16-12-18(26)6-7-21(16)29-22-13-23(35(27,32)33)28-14-19(22)24(31)30-10-8-25(9-11-30)20-5-3-2-4-17(20)15-34-25/h2-7,12-14H,8-11,15H2,1H3,(H,28,29)(H2,27,32,33). The van der Waals surface area contributed by atoms with Crippen LogP contribution in [0, 0.1) is 6.92 Å². The molecule has 0 atom stereocenters. The molecule has 3 aromatic rings. The normalized spacial score (nSPS) is 16.8. The molecular formula is C25H25ClN4O4S. The predicted molar refractivity (Wildman–Crippen MR) is 133 cm³/mol. The lowest BCUT2D eigenvalue weighted by atomic mass is 9.83. The van der Waals surface area contributed by atoms with E-state index < -0.39 is 10.0 Å². The van der Waals surface area contributed by atoms with Crippen molar-refractivity contribution >= 4 is 38.9 Å². The van der Waals surface area contributed by atoms with Crippen LogP contribution in [0.2, 0.25) is 5.02 Å². The number of amides is 1. The second-order valence-electron chi connectivity index (χ2n) is 8.93. The monoisotopic (exact) mass is 512 g/mol. The molecule has 5 rings (SSSR count). The van der Waals surface area contributed by atoms with E-state index in [4.69, 9.17) is 21.5 Å². The van der Waals surface area contributed by atoms with Crippen LogP contribution in [0.4, 0.5) is 11.4 Å². The van der Waals surface area contributed by atoms with Crippen molar-refractivity contribution in [3.05, 3.63) is 82.0 Å². The maximum absolute atomic E-state index is 13.6. The van der Waals surface area contributed by atoms with Crippen LogP contribution >= 0.6 is 11.6 Å². The number of likely N-dealkylation sites (tertiary alicyclic amines) is 1. The summed E-state index contributed by atoms with van der Waals surface area (Å²) in [5.74, 6) is -0.242. The second-order valence-corrected chi connectivity index (χ2v) is 10.9. The average Bonchev–Trinajstić information content (AvgIpc) is 3.18. The summed E-state index contributed by atoms with van der Waals surface area (Å²) < 4.78 is 30.1. The van der Waals surface area contributed by atoms with Crippen LogP contribution in [0.1, 0.15) is 39.9 Å². The largest absolute Gasteiger partial charge is 0.365 e. The van der Waals surface area contributed by atoms with Gasteiger partial charge in [-0.05, 0) is 54.7 Å². The van der Waals surface area contributed by atoms with Gasteiger partial charge in [0.2, 0.25) is 0 Å². The number of nitrogens with one attached hydrogen (secondary N) is 1. The number of sulfonamides is 1. The van der Waals surface area contributed by atoms with Gasteiger partial charge >= 0.3 is 0 Å². The Hall–Kier alpha value is -2.98. The number of benzene rings is 2. The van der Waals surface area contributed by atoms with E-state index in [1.54, 1.807) is 23.1 Å². The third-order valence-corrected chi connectivity index (χ3v) is 7.77. The molecule has 0 radical (unpaired) electrons. The first kappa shape index (κ1) is 23.7. The summed E-state index contributed by atoms with van der Waals surface area (Å²) >= 11 is 6.07. The topological polar surface area (TPSA) is 115 Å². The Morgan fingerprint density at radius 2 is 1.89 bits per heavy atom. The first-order valence-electron chi connectivity index (χ1n) is 11.2. The number of nitrogens with zero attached hydrogens (tertiary/aromatic N) is 2. The van der Waals surface area contributed by atoms with Crippen molar-refractivity contribution in [1.29, 1.82) is 0 Å².